The summed E-state index contributed by atoms with van der Waals surface area (Å²) >= 11 is 0. The fourth-order valence-electron chi connectivity index (χ4n) is 2.03. The number of ketones is 1. The van der Waals surface area contributed by atoms with Gasteiger partial charge in [0.2, 0.25) is 5.91 Å². The second-order valence-corrected chi connectivity index (χ2v) is 4.58. The molecule has 0 aromatic heterocycles. The lowest BCUT2D eigenvalue weighted by molar-refractivity contribution is -0.125. The van der Waals surface area contributed by atoms with E-state index >= 15 is 0 Å². The molecule has 4 nitrogen and oxygen atoms in total. The lowest BCUT2D eigenvalue weighted by atomic mass is 10.1. The van der Waals surface area contributed by atoms with E-state index in [2.05, 4.69) is 0 Å². The molecular formula is C14H17NO3. The maximum Gasteiger partial charge on any atom is 0.234 e. The molecule has 1 aromatic rings. The number of ether oxygens (including phenoxy) is 1. The fraction of sp³-hybridized carbons (Fsp3) is 0.429. The third-order valence-electron chi connectivity index (χ3n) is 3.05. The first-order chi connectivity index (χ1) is 8.58. The van der Waals surface area contributed by atoms with Crippen molar-refractivity contribution in [3.8, 4) is 5.75 Å². The normalized spacial score (nSPS) is 13.4. The zero-order chi connectivity index (χ0) is 13.1. The first kappa shape index (κ1) is 12.6. The van der Waals surface area contributed by atoms with Crippen LogP contribution in [0.4, 0.5) is 5.69 Å². The Balaban J connectivity index is 2.18. The molecule has 0 N–H and O–H groups in total. The van der Waals surface area contributed by atoms with Gasteiger partial charge < -0.3 is 9.64 Å². The van der Waals surface area contributed by atoms with Crippen molar-refractivity contribution in [2.24, 2.45) is 0 Å². The number of carbonyl (C=O) groups is 2. The minimum absolute atomic E-state index is 0.0515. The van der Waals surface area contributed by atoms with Crippen LogP contribution >= 0.6 is 0 Å². The number of benzene rings is 1. The zero-order valence-corrected chi connectivity index (χ0v) is 10.7. The van der Waals surface area contributed by atoms with E-state index in [0.717, 1.165) is 36.4 Å². The molecule has 1 aliphatic heterocycles. The Kier molecular flexibility index (Phi) is 3.65. The molecule has 2 rings (SSSR count). The summed E-state index contributed by atoms with van der Waals surface area (Å²) in [6, 6.07) is 5.70. The third-order valence-corrected chi connectivity index (χ3v) is 3.05. The molecule has 0 fully saturated rings. The molecule has 1 aliphatic rings. The highest BCUT2D eigenvalue weighted by Crippen LogP contribution is 2.28. The van der Waals surface area contributed by atoms with Crippen molar-refractivity contribution in [3.05, 3.63) is 23.8 Å². The highest BCUT2D eigenvalue weighted by atomic mass is 16.5. The molecule has 0 saturated heterocycles. The quantitative estimate of drug-likeness (QED) is 0.767. The van der Waals surface area contributed by atoms with Crippen molar-refractivity contribution in [3.63, 3.8) is 0 Å². The molecule has 0 unspecified atom stereocenters. The van der Waals surface area contributed by atoms with Gasteiger partial charge in [0.15, 0.2) is 0 Å². The number of Topliss-reactive ketones (excluding diaryl/α,β-unsaturated/α-hetero) is 1. The molecular weight excluding hydrogens is 230 g/mol. The minimum Gasteiger partial charge on any atom is -0.493 e. The van der Waals surface area contributed by atoms with Crippen molar-refractivity contribution in [1.29, 1.82) is 0 Å². The van der Waals surface area contributed by atoms with Crippen molar-refractivity contribution >= 4 is 17.4 Å². The van der Waals surface area contributed by atoms with E-state index in [9.17, 15) is 9.59 Å². The van der Waals surface area contributed by atoms with Gasteiger partial charge >= 0.3 is 0 Å². The predicted molar refractivity (Wildman–Crippen MR) is 69.0 cm³/mol. The van der Waals surface area contributed by atoms with Crippen LogP contribution in [0.25, 0.3) is 0 Å². The lowest BCUT2D eigenvalue weighted by Crippen LogP contribution is -2.27. The highest BCUT2D eigenvalue weighted by molar-refractivity contribution is 6.04. The summed E-state index contributed by atoms with van der Waals surface area (Å²) in [6.45, 7) is 2.18. The van der Waals surface area contributed by atoms with Gasteiger partial charge in [-0.05, 0) is 43.5 Å². The minimum atomic E-state index is -0.181. The number of aryl methyl sites for hydroxylation is 1. The predicted octanol–water partition coefficient (Wildman–Crippen LogP) is 1.95. The van der Waals surface area contributed by atoms with Crippen molar-refractivity contribution in [2.75, 3.05) is 18.6 Å². The van der Waals surface area contributed by atoms with Gasteiger partial charge in [-0.2, -0.15) is 0 Å². The number of nitrogens with zero attached hydrogens (tertiary/aromatic N) is 1. The Labute approximate surface area is 107 Å². The van der Waals surface area contributed by atoms with E-state index in [-0.39, 0.29) is 18.1 Å². The van der Waals surface area contributed by atoms with Crippen molar-refractivity contribution < 1.29 is 14.3 Å². The molecule has 0 saturated carbocycles. The second-order valence-electron chi connectivity index (χ2n) is 4.58. The molecule has 0 aliphatic carbocycles. The maximum absolute atomic E-state index is 11.8. The molecule has 0 atom stereocenters. The van der Waals surface area contributed by atoms with Gasteiger partial charge in [0, 0.05) is 12.7 Å². The Bertz CT molecular complexity index is 482. The SMILES string of the molecule is CC(=O)CC(=O)N(C)c1ccc2c(c1)CCCO2. The van der Waals surface area contributed by atoms with Gasteiger partial charge in [0.05, 0.1) is 13.0 Å². The maximum atomic E-state index is 11.8. The topological polar surface area (TPSA) is 46.6 Å². The van der Waals surface area contributed by atoms with Gasteiger partial charge in [0.1, 0.15) is 11.5 Å². The Morgan fingerprint density at radius 3 is 2.89 bits per heavy atom. The number of carbonyl (C=O) groups excluding carboxylic acids is 2. The number of rotatable bonds is 3. The third kappa shape index (κ3) is 2.70. The summed E-state index contributed by atoms with van der Waals surface area (Å²) in [7, 11) is 1.69. The first-order valence-electron chi connectivity index (χ1n) is 6.09. The molecule has 0 radical (unpaired) electrons. The number of fused-ring (bicyclic) bond motifs is 1. The largest absolute Gasteiger partial charge is 0.493 e. The van der Waals surface area contributed by atoms with E-state index in [1.165, 1.54) is 11.8 Å². The summed E-state index contributed by atoms with van der Waals surface area (Å²) < 4.78 is 5.53. The van der Waals surface area contributed by atoms with Crippen LogP contribution in [0.1, 0.15) is 25.3 Å². The standard InChI is InChI=1S/C14H17NO3/c1-10(16)8-14(17)15(2)12-5-6-13-11(9-12)4-3-7-18-13/h5-6,9H,3-4,7-8H2,1-2H3. The average molecular weight is 247 g/mol. The van der Waals surface area contributed by atoms with Crippen LogP contribution in [0.2, 0.25) is 0 Å². The number of hydrogen-bond acceptors (Lipinski definition) is 3. The molecule has 96 valence electrons. The van der Waals surface area contributed by atoms with E-state index in [0.29, 0.717) is 0 Å². The molecule has 1 heterocycles. The molecule has 0 bridgehead atoms. The van der Waals surface area contributed by atoms with Gasteiger partial charge in [0.25, 0.3) is 0 Å². The van der Waals surface area contributed by atoms with Gasteiger partial charge in [-0.1, -0.05) is 0 Å². The fourth-order valence-corrected chi connectivity index (χ4v) is 2.03. The molecule has 1 aromatic carbocycles. The van der Waals surface area contributed by atoms with Crippen molar-refractivity contribution in [1.82, 2.24) is 0 Å². The van der Waals surface area contributed by atoms with Gasteiger partial charge in [-0.25, -0.2) is 0 Å². The summed E-state index contributed by atoms with van der Waals surface area (Å²) in [5.41, 5.74) is 1.94. The van der Waals surface area contributed by atoms with Gasteiger partial charge in [-0.3, -0.25) is 9.59 Å². The van der Waals surface area contributed by atoms with E-state index in [1.54, 1.807) is 7.05 Å². The first-order valence-corrected chi connectivity index (χ1v) is 6.09. The lowest BCUT2D eigenvalue weighted by Gasteiger charge is -2.21. The van der Waals surface area contributed by atoms with Crippen LogP contribution in [-0.4, -0.2) is 25.3 Å². The van der Waals surface area contributed by atoms with Gasteiger partial charge in [-0.15, -0.1) is 0 Å². The Morgan fingerprint density at radius 1 is 1.39 bits per heavy atom. The summed E-state index contributed by atoms with van der Waals surface area (Å²) in [5.74, 6) is 0.602. The van der Waals surface area contributed by atoms with E-state index in [1.807, 2.05) is 18.2 Å². The molecule has 4 heteroatoms. The smallest absolute Gasteiger partial charge is 0.234 e. The zero-order valence-electron chi connectivity index (χ0n) is 10.7. The van der Waals surface area contributed by atoms with Crippen LogP contribution < -0.4 is 9.64 Å². The van der Waals surface area contributed by atoms with Crippen molar-refractivity contribution in [2.45, 2.75) is 26.2 Å². The number of anilines is 1. The van der Waals surface area contributed by atoms with E-state index < -0.39 is 0 Å². The summed E-state index contributed by atoms with van der Waals surface area (Å²) in [5, 5.41) is 0. The molecule has 1 amide bonds. The van der Waals surface area contributed by atoms with Crippen LogP contribution in [-0.2, 0) is 16.0 Å². The average Bonchev–Trinajstić information content (AvgIpc) is 2.36. The summed E-state index contributed by atoms with van der Waals surface area (Å²) in [6.07, 6.45) is 1.92. The Hall–Kier alpha value is -1.84. The van der Waals surface area contributed by atoms with Crippen LogP contribution in [0, 0.1) is 0 Å². The van der Waals surface area contributed by atoms with Crippen LogP contribution in [0.15, 0.2) is 18.2 Å². The van der Waals surface area contributed by atoms with Crippen LogP contribution in [0.5, 0.6) is 5.75 Å². The second kappa shape index (κ2) is 5.21. The number of hydrogen-bond donors (Lipinski definition) is 0. The Morgan fingerprint density at radius 2 is 2.17 bits per heavy atom. The molecule has 18 heavy (non-hydrogen) atoms. The highest BCUT2D eigenvalue weighted by Gasteiger charge is 2.16. The molecule has 0 spiro atoms. The number of amides is 1. The van der Waals surface area contributed by atoms with E-state index in [4.69, 9.17) is 4.74 Å². The summed E-state index contributed by atoms with van der Waals surface area (Å²) in [4.78, 5) is 24.3. The van der Waals surface area contributed by atoms with Crippen LogP contribution in [0.3, 0.4) is 0 Å². The monoisotopic (exact) mass is 247 g/mol.